The van der Waals surface area contributed by atoms with Crippen LogP contribution in [0.15, 0.2) is 23.1 Å². The van der Waals surface area contributed by atoms with Gasteiger partial charge in [-0.25, -0.2) is 8.42 Å². The highest BCUT2D eigenvalue weighted by Gasteiger charge is 2.41. The Kier molecular flexibility index (Phi) is 5.10. The van der Waals surface area contributed by atoms with Crippen molar-refractivity contribution in [2.24, 2.45) is 11.8 Å². The number of nitrogens with zero attached hydrogens (tertiary/aromatic N) is 1. The molecular weight excluding hydrogens is 352 g/mol. The second kappa shape index (κ2) is 7.02. The average molecular weight is 378 g/mol. The summed E-state index contributed by atoms with van der Waals surface area (Å²) in [5, 5.41) is 2.79. The van der Waals surface area contributed by atoms with Crippen molar-refractivity contribution in [2.45, 2.75) is 56.9 Å². The molecule has 2 amide bonds. The van der Waals surface area contributed by atoms with E-state index in [-0.39, 0.29) is 28.5 Å². The van der Waals surface area contributed by atoms with Gasteiger partial charge in [0.25, 0.3) is 0 Å². The van der Waals surface area contributed by atoms with Crippen LogP contribution in [0, 0.1) is 11.8 Å². The van der Waals surface area contributed by atoms with Crippen LogP contribution in [0.25, 0.3) is 0 Å². The molecule has 1 atom stereocenters. The Balaban J connectivity index is 2.07. The number of hydrogen-bond donors (Lipinski definition) is 1. The number of benzene rings is 1. The monoisotopic (exact) mass is 378 g/mol. The summed E-state index contributed by atoms with van der Waals surface area (Å²) in [6, 6.07) is 4.01. The number of rotatable bonds is 3. The standard InChI is InChI=1S/C19H26N2O4S/c1-12(2)17-18(22)20-15-11-14(26(3,24)25)9-10-16(15)21(17)19(23)13-7-5-4-6-8-13/h9-13,17H,4-8H2,1-3H3,(H,20,22). The molecule has 1 heterocycles. The predicted molar refractivity (Wildman–Crippen MR) is 101 cm³/mol. The van der Waals surface area contributed by atoms with Gasteiger partial charge in [0.15, 0.2) is 9.84 Å². The van der Waals surface area contributed by atoms with Crippen LogP contribution in [0.4, 0.5) is 11.4 Å². The lowest BCUT2D eigenvalue weighted by atomic mass is 9.86. The summed E-state index contributed by atoms with van der Waals surface area (Å²) < 4.78 is 23.7. The third kappa shape index (κ3) is 3.49. The van der Waals surface area contributed by atoms with Crippen LogP contribution in [0.5, 0.6) is 0 Å². The van der Waals surface area contributed by atoms with Gasteiger partial charge in [-0.15, -0.1) is 0 Å². The zero-order chi connectivity index (χ0) is 19.1. The molecule has 1 saturated carbocycles. The van der Waals surface area contributed by atoms with Gasteiger partial charge in [0.1, 0.15) is 6.04 Å². The molecule has 0 aromatic heterocycles. The number of sulfone groups is 1. The first-order valence-corrected chi connectivity index (χ1v) is 11.1. The number of anilines is 2. The third-order valence-corrected chi connectivity index (χ3v) is 6.39. The Bertz CT molecular complexity index is 826. The average Bonchev–Trinajstić information content (AvgIpc) is 2.59. The minimum atomic E-state index is -3.40. The maximum Gasteiger partial charge on any atom is 0.247 e. The molecule has 0 bridgehead atoms. The van der Waals surface area contributed by atoms with E-state index in [2.05, 4.69) is 5.32 Å². The van der Waals surface area contributed by atoms with E-state index in [4.69, 9.17) is 0 Å². The highest BCUT2D eigenvalue weighted by Crippen LogP contribution is 2.38. The second-order valence-electron chi connectivity index (χ2n) is 7.67. The number of amides is 2. The first kappa shape index (κ1) is 18.9. The molecule has 26 heavy (non-hydrogen) atoms. The summed E-state index contributed by atoms with van der Waals surface area (Å²) >= 11 is 0. The van der Waals surface area contributed by atoms with E-state index in [1.54, 1.807) is 11.0 Å². The van der Waals surface area contributed by atoms with Crippen LogP contribution in [-0.4, -0.2) is 32.5 Å². The topological polar surface area (TPSA) is 83.6 Å². The van der Waals surface area contributed by atoms with Gasteiger partial charge in [0, 0.05) is 12.2 Å². The number of carbonyl (C=O) groups is 2. The Morgan fingerprint density at radius 3 is 2.42 bits per heavy atom. The van der Waals surface area contributed by atoms with E-state index < -0.39 is 15.9 Å². The van der Waals surface area contributed by atoms with Crippen molar-refractivity contribution in [1.29, 1.82) is 0 Å². The van der Waals surface area contributed by atoms with Gasteiger partial charge in [0.05, 0.1) is 16.3 Å². The van der Waals surface area contributed by atoms with Crippen LogP contribution in [-0.2, 0) is 19.4 Å². The Morgan fingerprint density at radius 1 is 1.19 bits per heavy atom. The van der Waals surface area contributed by atoms with Crippen molar-refractivity contribution in [3.8, 4) is 0 Å². The van der Waals surface area contributed by atoms with E-state index in [0.29, 0.717) is 11.4 Å². The molecule has 0 spiro atoms. The smallest absolute Gasteiger partial charge is 0.247 e. The largest absolute Gasteiger partial charge is 0.322 e. The molecule has 1 unspecified atom stereocenters. The highest BCUT2D eigenvalue weighted by atomic mass is 32.2. The van der Waals surface area contributed by atoms with Gasteiger partial charge in [-0.3, -0.25) is 14.5 Å². The summed E-state index contributed by atoms with van der Waals surface area (Å²) in [6.45, 7) is 3.84. The molecule has 1 fully saturated rings. The lowest BCUT2D eigenvalue weighted by Crippen LogP contribution is -2.55. The van der Waals surface area contributed by atoms with Crippen LogP contribution in [0.3, 0.4) is 0 Å². The summed E-state index contributed by atoms with van der Waals surface area (Å²) in [5.74, 6) is -0.405. The van der Waals surface area contributed by atoms with E-state index in [0.717, 1.165) is 38.4 Å². The zero-order valence-corrected chi connectivity index (χ0v) is 16.3. The minimum Gasteiger partial charge on any atom is -0.322 e. The quantitative estimate of drug-likeness (QED) is 0.876. The summed E-state index contributed by atoms with van der Waals surface area (Å²) in [4.78, 5) is 27.7. The van der Waals surface area contributed by atoms with Crippen molar-refractivity contribution in [3.05, 3.63) is 18.2 Å². The molecule has 7 heteroatoms. The van der Waals surface area contributed by atoms with Gasteiger partial charge in [-0.1, -0.05) is 33.1 Å². The third-order valence-electron chi connectivity index (χ3n) is 5.28. The molecule has 1 aromatic carbocycles. The molecule has 1 aliphatic carbocycles. The van der Waals surface area contributed by atoms with E-state index in [1.807, 2.05) is 13.8 Å². The molecule has 2 aliphatic rings. The fourth-order valence-electron chi connectivity index (χ4n) is 3.93. The lowest BCUT2D eigenvalue weighted by molar-refractivity contribution is -0.127. The Morgan fingerprint density at radius 2 is 1.85 bits per heavy atom. The fourth-order valence-corrected chi connectivity index (χ4v) is 4.58. The van der Waals surface area contributed by atoms with Crippen molar-refractivity contribution in [2.75, 3.05) is 16.5 Å². The molecule has 3 rings (SSSR count). The molecule has 1 aromatic rings. The maximum atomic E-state index is 13.3. The zero-order valence-electron chi connectivity index (χ0n) is 15.5. The number of fused-ring (bicyclic) bond motifs is 1. The molecular formula is C19H26N2O4S. The summed E-state index contributed by atoms with van der Waals surface area (Å²) in [7, 11) is -3.40. The minimum absolute atomic E-state index is 0.0217. The van der Waals surface area contributed by atoms with Crippen molar-refractivity contribution < 1.29 is 18.0 Å². The Hall–Kier alpha value is -1.89. The van der Waals surface area contributed by atoms with Crippen LogP contribution < -0.4 is 10.2 Å². The number of carbonyl (C=O) groups excluding carboxylic acids is 2. The highest BCUT2D eigenvalue weighted by molar-refractivity contribution is 7.90. The van der Waals surface area contributed by atoms with E-state index >= 15 is 0 Å². The molecule has 1 N–H and O–H groups in total. The maximum absolute atomic E-state index is 13.3. The normalized spacial score (nSPS) is 21.5. The molecule has 0 saturated heterocycles. The number of hydrogen-bond acceptors (Lipinski definition) is 4. The van der Waals surface area contributed by atoms with Crippen LogP contribution in [0.1, 0.15) is 46.0 Å². The Labute approximate surface area is 154 Å². The van der Waals surface area contributed by atoms with Crippen molar-refractivity contribution in [1.82, 2.24) is 0 Å². The van der Waals surface area contributed by atoms with Crippen molar-refractivity contribution in [3.63, 3.8) is 0 Å². The van der Waals surface area contributed by atoms with E-state index in [1.165, 1.54) is 12.1 Å². The first-order valence-electron chi connectivity index (χ1n) is 9.18. The van der Waals surface area contributed by atoms with Gasteiger partial charge in [0.2, 0.25) is 11.8 Å². The van der Waals surface area contributed by atoms with Gasteiger partial charge in [-0.2, -0.15) is 0 Å². The summed E-state index contributed by atoms with van der Waals surface area (Å²) in [6.07, 6.45) is 6.02. The SMILES string of the molecule is CC(C)C1C(=O)Nc2cc(S(C)(=O)=O)ccc2N1C(=O)C1CCCCC1. The van der Waals surface area contributed by atoms with Crippen LogP contribution in [0.2, 0.25) is 0 Å². The first-order chi connectivity index (χ1) is 12.2. The lowest BCUT2D eigenvalue weighted by Gasteiger charge is -2.40. The molecule has 6 nitrogen and oxygen atoms in total. The fraction of sp³-hybridized carbons (Fsp3) is 0.579. The van der Waals surface area contributed by atoms with Crippen LogP contribution >= 0.6 is 0 Å². The molecule has 1 aliphatic heterocycles. The van der Waals surface area contributed by atoms with Crippen molar-refractivity contribution >= 4 is 33.0 Å². The second-order valence-corrected chi connectivity index (χ2v) is 9.69. The van der Waals surface area contributed by atoms with Gasteiger partial charge in [-0.05, 0) is 37.0 Å². The molecule has 142 valence electrons. The summed E-state index contributed by atoms with van der Waals surface area (Å²) in [5.41, 5.74) is 0.977. The van der Waals surface area contributed by atoms with Gasteiger partial charge >= 0.3 is 0 Å². The number of nitrogens with one attached hydrogen (secondary N) is 1. The molecule has 0 radical (unpaired) electrons. The van der Waals surface area contributed by atoms with Gasteiger partial charge < -0.3 is 5.32 Å². The van der Waals surface area contributed by atoms with E-state index in [9.17, 15) is 18.0 Å². The predicted octanol–water partition coefficient (Wildman–Crippen LogP) is 2.98.